The van der Waals surface area contributed by atoms with Gasteiger partial charge in [-0.3, -0.25) is 0 Å². The molecule has 0 N–H and O–H groups in total. The quantitative estimate of drug-likeness (QED) is 0.437. The van der Waals surface area contributed by atoms with Crippen LogP contribution in [0.15, 0.2) is 10.3 Å². The van der Waals surface area contributed by atoms with E-state index in [4.69, 9.17) is 34.8 Å². The van der Waals surface area contributed by atoms with Crippen molar-refractivity contribution in [3.63, 3.8) is 0 Å². The lowest BCUT2D eigenvalue weighted by Gasteiger charge is -2.21. The zero-order valence-corrected chi connectivity index (χ0v) is 7.87. The van der Waals surface area contributed by atoms with E-state index in [0.29, 0.717) is 10.3 Å². The largest absolute Gasteiger partial charge is 0.330 e. The van der Waals surface area contributed by atoms with E-state index < -0.39 is 0 Å². The van der Waals surface area contributed by atoms with Crippen LogP contribution in [-0.2, 0) is 0 Å². The molecule has 1 rings (SSSR count). The fourth-order valence-electron chi connectivity index (χ4n) is 0.738. The molecule has 0 aliphatic carbocycles. The molecule has 0 fully saturated rings. The van der Waals surface area contributed by atoms with E-state index in [0.717, 1.165) is 0 Å². The molecule has 0 saturated heterocycles. The highest BCUT2D eigenvalue weighted by molar-refractivity contribution is 6.40. The van der Waals surface area contributed by atoms with Crippen LogP contribution < -0.4 is 0 Å². The van der Waals surface area contributed by atoms with Crippen LogP contribution in [0.4, 0.5) is 0 Å². The molecule has 0 aromatic heterocycles. The van der Waals surface area contributed by atoms with Gasteiger partial charge in [0.05, 0.1) is 0 Å². The van der Waals surface area contributed by atoms with Crippen molar-refractivity contribution in [1.29, 1.82) is 0 Å². The topological polar surface area (TPSA) is 6.48 Å². The Labute approximate surface area is 74.9 Å². The number of halogens is 3. The molecule has 5 heteroatoms. The third-order valence-corrected chi connectivity index (χ3v) is 3.00. The van der Waals surface area contributed by atoms with E-state index >= 15 is 0 Å². The second-order valence-corrected chi connectivity index (χ2v) is 3.22. The smallest absolute Gasteiger partial charge is 0.181 e. The summed E-state index contributed by atoms with van der Waals surface area (Å²) in [5.74, 6) is 0. The predicted octanol–water partition coefficient (Wildman–Crippen LogP) is 1.99. The minimum atomic E-state index is -0.264. The molecule has 0 atom stereocenters. The predicted molar refractivity (Wildman–Crippen MR) is 43.9 cm³/mol. The Morgan fingerprint density at radius 2 is 1.40 bits per heavy atom. The molecule has 1 heterocycles. The second kappa shape index (κ2) is 2.68. The Morgan fingerprint density at radius 1 is 1.10 bits per heavy atom. The fraction of sp³-hybridized carbons (Fsp3) is 0.600. The highest BCUT2D eigenvalue weighted by atomic mass is 35.5. The second-order valence-electron chi connectivity index (χ2n) is 2.11. The van der Waals surface area contributed by atoms with E-state index in [1.54, 1.807) is 23.9 Å². The zero-order valence-electron chi connectivity index (χ0n) is 5.61. The first-order valence-electron chi connectivity index (χ1n) is 2.70. The van der Waals surface area contributed by atoms with Gasteiger partial charge < -0.3 is 9.80 Å². The average Bonchev–Trinajstić information content (AvgIpc) is 2.07. The molecule has 0 aromatic carbocycles. The van der Waals surface area contributed by atoms with Crippen LogP contribution in [-0.4, -0.2) is 29.5 Å². The molecule has 1 aliphatic heterocycles. The van der Waals surface area contributed by atoms with Crippen LogP contribution >= 0.6 is 34.8 Å². The summed E-state index contributed by atoms with van der Waals surface area (Å²) < 4.78 is 0. The summed E-state index contributed by atoms with van der Waals surface area (Å²) in [5, 5.41) is 0.980. The number of hydrogen-bond donors (Lipinski definition) is 0. The van der Waals surface area contributed by atoms with Crippen LogP contribution in [0.25, 0.3) is 0 Å². The lowest BCUT2D eigenvalue weighted by atomic mass is 10.8. The van der Waals surface area contributed by atoms with Gasteiger partial charge in [-0.25, -0.2) is 0 Å². The van der Waals surface area contributed by atoms with E-state index in [1.807, 2.05) is 0 Å². The Balaban J connectivity index is 2.88. The summed E-state index contributed by atoms with van der Waals surface area (Å²) in [5.41, 5.74) is -0.264. The summed E-state index contributed by atoms with van der Waals surface area (Å²) in [6, 6.07) is 0. The van der Waals surface area contributed by atoms with Gasteiger partial charge in [-0.1, -0.05) is 34.8 Å². The number of hydrogen-bond acceptors (Lipinski definition) is 2. The van der Waals surface area contributed by atoms with E-state index in [2.05, 4.69) is 0 Å². The van der Waals surface area contributed by atoms with Gasteiger partial charge in [0.25, 0.3) is 0 Å². The van der Waals surface area contributed by atoms with Gasteiger partial charge in [0.2, 0.25) is 0 Å². The Morgan fingerprint density at radius 3 is 1.50 bits per heavy atom. The summed E-state index contributed by atoms with van der Waals surface area (Å²) in [6.45, 7) is 0. The first-order valence-corrected chi connectivity index (χ1v) is 3.90. The van der Waals surface area contributed by atoms with E-state index in [-0.39, 0.29) is 5.62 Å². The summed E-state index contributed by atoms with van der Waals surface area (Å²) in [7, 11) is 3.57. The molecule has 0 unspecified atom stereocenters. The van der Waals surface area contributed by atoms with Crippen LogP contribution in [0.1, 0.15) is 0 Å². The molecule has 0 saturated carbocycles. The molecule has 0 bridgehead atoms. The molecule has 0 aromatic rings. The van der Waals surface area contributed by atoms with Gasteiger partial charge in [0.15, 0.2) is 5.62 Å². The SMILES string of the molecule is CN1C(Cl)=C(Cl)N(C)C1Cl. The third kappa shape index (κ3) is 1.04. The maximum atomic E-state index is 5.84. The van der Waals surface area contributed by atoms with Crippen molar-refractivity contribution in [2.75, 3.05) is 14.1 Å². The summed E-state index contributed by atoms with van der Waals surface area (Å²) in [4.78, 5) is 3.37. The average molecular weight is 201 g/mol. The van der Waals surface area contributed by atoms with Crippen molar-refractivity contribution in [2.24, 2.45) is 0 Å². The van der Waals surface area contributed by atoms with E-state index in [1.165, 1.54) is 0 Å². The van der Waals surface area contributed by atoms with Crippen molar-refractivity contribution in [2.45, 2.75) is 5.62 Å². The number of rotatable bonds is 0. The van der Waals surface area contributed by atoms with Crippen molar-refractivity contribution in [3.05, 3.63) is 10.3 Å². The summed E-state index contributed by atoms with van der Waals surface area (Å²) >= 11 is 17.3. The van der Waals surface area contributed by atoms with Crippen molar-refractivity contribution >= 4 is 34.8 Å². The molecule has 0 amide bonds. The summed E-state index contributed by atoms with van der Waals surface area (Å²) in [6.07, 6.45) is 0. The Kier molecular flexibility index (Phi) is 2.23. The van der Waals surface area contributed by atoms with Crippen molar-refractivity contribution in [1.82, 2.24) is 9.80 Å². The normalized spacial score (nSPS) is 21.3. The van der Waals surface area contributed by atoms with Gasteiger partial charge in [-0.15, -0.1) is 0 Å². The molecule has 10 heavy (non-hydrogen) atoms. The monoisotopic (exact) mass is 200 g/mol. The Bertz CT molecular complexity index is 162. The van der Waals surface area contributed by atoms with Crippen LogP contribution in [0.5, 0.6) is 0 Å². The van der Waals surface area contributed by atoms with Crippen LogP contribution in [0.2, 0.25) is 0 Å². The first kappa shape index (κ1) is 8.31. The minimum Gasteiger partial charge on any atom is -0.330 e. The van der Waals surface area contributed by atoms with Crippen molar-refractivity contribution < 1.29 is 0 Å². The van der Waals surface area contributed by atoms with Crippen LogP contribution in [0.3, 0.4) is 0 Å². The maximum Gasteiger partial charge on any atom is 0.181 e. The minimum absolute atomic E-state index is 0.264. The Hall–Kier alpha value is 0.210. The van der Waals surface area contributed by atoms with E-state index in [9.17, 15) is 0 Å². The van der Waals surface area contributed by atoms with Gasteiger partial charge in [-0.05, 0) is 0 Å². The van der Waals surface area contributed by atoms with Crippen molar-refractivity contribution in [3.8, 4) is 0 Å². The number of alkyl halides is 1. The molecule has 58 valence electrons. The molecule has 2 nitrogen and oxygen atoms in total. The maximum absolute atomic E-state index is 5.84. The molecule has 0 spiro atoms. The molecular formula is C5H7Cl3N2. The highest BCUT2D eigenvalue weighted by Crippen LogP contribution is 2.32. The lowest BCUT2D eigenvalue weighted by molar-refractivity contribution is 0.286. The van der Waals surface area contributed by atoms with Gasteiger partial charge in [0, 0.05) is 14.1 Å². The fourth-order valence-corrected chi connectivity index (χ4v) is 1.48. The first-order chi connectivity index (χ1) is 4.55. The highest BCUT2D eigenvalue weighted by Gasteiger charge is 2.29. The zero-order chi connectivity index (χ0) is 7.89. The lowest BCUT2D eigenvalue weighted by Crippen LogP contribution is -2.29. The van der Waals surface area contributed by atoms with Gasteiger partial charge in [0.1, 0.15) is 10.3 Å². The van der Waals surface area contributed by atoms with Gasteiger partial charge in [-0.2, -0.15) is 0 Å². The van der Waals surface area contributed by atoms with Gasteiger partial charge >= 0.3 is 0 Å². The molecular weight excluding hydrogens is 194 g/mol. The standard InChI is InChI=1S/C5H7Cl3N2/c1-9-3(6)4(7)10(2)5(9)8/h5H,1-2H3. The third-order valence-electron chi connectivity index (χ3n) is 1.43. The molecule has 0 radical (unpaired) electrons. The number of nitrogens with zero attached hydrogens (tertiary/aromatic N) is 2. The van der Waals surface area contributed by atoms with Crippen LogP contribution in [0, 0.1) is 0 Å². The molecule has 1 aliphatic rings.